The van der Waals surface area contributed by atoms with Crippen LogP contribution >= 0.6 is 11.8 Å². The number of aromatic nitrogens is 1. The summed E-state index contributed by atoms with van der Waals surface area (Å²) >= 11 is 1.72. The SMILES string of the molecule is COc1cc(CNC(=O)c2cccnc2SC2CCCC2)cc(OC)c1OC. The largest absolute Gasteiger partial charge is 0.493 e. The van der Waals surface area contributed by atoms with Crippen LogP contribution in [0.2, 0.25) is 0 Å². The Hall–Kier alpha value is -2.41. The molecule has 0 bridgehead atoms. The minimum Gasteiger partial charge on any atom is -0.493 e. The van der Waals surface area contributed by atoms with Gasteiger partial charge >= 0.3 is 0 Å². The first-order valence-corrected chi connectivity index (χ1v) is 10.2. The van der Waals surface area contributed by atoms with Gasteiger partial charge in [0.1, 0.15) is 5.03 Å². The van der Waals surface area contributed by atoms with E-state index in [-0.39, 0.29) is 5.91 Å². The normalized spacial score (nSPS) is 14.0. The summed E-state index contributed by atoms with van der Waals surface area (Å²) in [6, 6.07) is 7.29. The monoisotopic (exact) mass is 402 g/mol. The molecule has 28 heavy (non-hydrogen) atoms. The Bertz CT molecular complexity index is 797. The lowest BCUT2D eigenvalue weighted by Gasteiger charge is -2.15. The average molecular weight is 403 g/mol. The number of rotatable bonds is 8. The van der Waals surface area contributed by atoms with Crippen molar-refractivity contribution in [2.24, 2.45) is 0 Å². The number of benzene rings is 1. The lowest BCUT2D eigenvalue weighted by Crippen LogP contribution is -2.24. The first kappa shape index (κ1) is 20.3. The molecule has 0 unspecified atom stereocenters. The fraction of sp³-hybridized carbons (Fsp3) is 0.429. The number of thioether (sulfide) groups is 1. The van der Waals surface area contributed by atoms with E-state index in [1.165, 1.54) is 25.7 Å². The number of hydrogen-bond donors (Lipinski definition) is 1. The van der Waals surface area contributed by atoms with Crippen LogP contribution in [0.3, 0.4) is 0 Å². The number of pyridine rings is 1. The van der Waals surface area contributed by atoms with Gasteiger partial charge in [-0.05, 0) is 42.7 Å². The molecule has 3 rings (SSSR count). The maximum atomic E-state index is 12.8. The van der Waals surface area contributed by atoms with Crippen molar-refractivity contribution in [3.05, 3.63) is 41.6 Å². The molecule has 0 spiro atoms. The van der Waals surface area contributed by atoms with Gasteiger partial charge < -0.3 is 19.5 Å². The fourth-order valence-corrected chi connectivity index (χ4v) is 4.63. The van der Waals surface area contributed by atoms with Gasteiger partial charge in [0.2, 0.25) is 5.75 Å². The summed E-state index contributed by atoms with van der Waals surface area (Å²) in [5.74, 6) is 1.51. The second-order valence-corrected chi connectivity index (χ2v) is 7.89. The van der Waals surface area contributed by atoms with Crippen molar-refractivity contribution in [2.75, 3.05) is 21.3 Å². The zero-order valence-corrected chi connectivity index (χ0v) is 17.3. The van der Waals surface area contributed by atoms with E-state index in [4.69, 9.17) is 14.2 Å². The van der Waals surface area contributed by atoms with Crippen molar-refractivity contribution in [1.29, 1.82) is 0 Å². The first-order chi connectivity index (χ1) is 13.7. The van der Waals surface area contributed by atoms with E-state index in [1.54, 1.807) is 45.4 Å². The number of carbonyl (C=O) groups is 1. The fourth-order valence-electron chi connectivity index (χ4n) is 3.34. The highest BCUT2D eigenvalue weighted by Gasteiger charge is 2.21. The van der Waals surface area contributed by atoms with Crippen molar-refractivity contribution in [3.8, 4) is 17.2 Å². The molecule has 0 atom stereocenters. The van der Waals surface area contributed by atoms with Gasteiger partial charge in [-0.2, -0.15) is 0 Å². The molecule has 1 aromatic heterocycles. The smallest absolute Gasteiger partial charge is 0.254 e. The van der Waals surface area contributed by atoms with Crippen LogP contribution in [0.5, 0.6) is 17.2 Å². The minimum atomic E-state index is -0.137. The number of nitrogens with one attached hydrogen (secondary N) is 1. The van der Waals surface area contributed by atoms with Crippen LogP contribution in [0.25, 0.3) is 0 Å². The number of amides is 1. The molecule has 1 aliphatic rings. The molecule has 0 aliphatic heterocycles. The van der Waals surface area contributed by atoms with E-state index in [0.717, 1.165) is 10.6 Å². The van der Waals surface area contributed by atoms with Crippen molar-refractivity contribution >= 4 is 17.7 Å². The van der Waals surface area contributed by atoms with Gasteiger partial charge in [-0.15, -0.1) is 11.8 Å². The Kier molecular flexibility index (Phi) is 7.03. The Morgan fingerprint density at radius 1 is 1.14 bits per heavy atom. The standard InChI is InChI=1S/C21H26N2O4S/c1-25-17-11-14(12-18(26-2)19(17)27-3)13-23-20(24)16-9-6-10-22-21(16)28-15-7-4-5-8-15/h6,9-12,15H,4-5,7-8,13H2,1-3H3,(H,23,24). The molecule has 1 N–H and O–H groups in total. The quantitative estimate of drug-likeness (QED) is 0.718. The van der Waals surface area contributed by atoms with Crippen molar-refractivity contribution < 1.29 is 19.0 Å². The van der Waals surface area contributed by atoms with Crippen molar-refractivity contribution in [2.45, 2.75) is 42.5 Å². The zero-order chi connectivity index (χ0) is 19.9. The predicted octanol–water partition coefficient (Wildman–Crippen LogP) is 4.07. The van der Waals surface area contributed by atoms with E-state index >= 15 is 0 Å². The molecule has 0 radical (unpaired) electrons. The third-order valence-corrected chi connectivity index (χ3v) is 6.13. The van der Waals surface area contributed by atoms with Crippen LogP contribution in [0.4, 0.5) is 0 Å². The van der Waals surface area contributed by atoms with E-state index in [0.29, 0.717) is 34.6 Å². The number of methoxy groups -OCH3 is 3. The summed E-state index contributed by atoms with van der Waals surface area (Å²) in [6.45, 7) is 0.345. The Morgan fingerprint density at radius 3 is 2.43 bits per heavy atom. The van der Waals surface area contributed by atoms with Gasteiger partial charge in [-0.3, -0.25) is 4.79 Å². The second kappa shape index (κ2) is 9.68. The number of ether oxygens (including phenoxy) is 3. The number of carbonyl (C=O) groups excluding carboxylic acids is 1. The maximum Gasteiger partial charge on any atom is 0.254 e. The highest BCUT2D eigenvalue weighted by Crippen LogP contribution is 2.38. The van der Waals surface area contributed by atoms with Crippen LogP contribution < -0.4 is 19.5 Å². The molecular formula is C21H26N2O4S. The topological polar surface area (TPSA) is 69.7 Å². The van der Waals surface area contributed by atoms with Gasteiger partial charge in [-0.25, -0.2) is 4.98 Å². The predicted molar refractivity (Wildman–Crippen MR) is 110 cm³/mol. The van der Waals surface area contributed by atoms with Gasteiger partial charge in [0.25, 0.3) is 5.91 Å². The average Bonchev–Trinajstić information content (AvgIpc) is 3.24. The van der Waals surface area contributed by atoms with Gasteiger partial charge in [0.05, 0.1) is 26.9 Å². The molecule has 150 valence electrons. The molecule has 7 heteroatoms. The van der Waals surface area contributed by atoms with Gasteiger partial charge in [-0.1, -0.05) is 12.8 Å². The number of nitrogens with zero attached hydrogens (tertiary/aromatic N) is 1. The summed E-state index contributed by atoms with van der Waals surface area (Å²) in [5, 5.41) is 4.33. The Labute approximate surface area is 170 Å². The lowest BCUT2D eigenvalue weighted by molar-refractivity contribution is 0.0947. The Balaban J connectivity index is 1.72. The van der Waals surface area contributed by atoms with Crippen LogP contribution in [-0.4, -0.2) is 37.5 Å². The molecule has 1 fully saturated rings. The van der Waals surface area contributed by atoms with E-state index in [1.807, 2.05) is 18.2 Å². The molecule has 1 heterocycles. The van der Waals surface area contributed by atoms with E-state index < -0.39 is 0 Å². The van der Waals surface area contributed by atoms with E-state index in [2.05, 4.69) is 10.3 Å². The highest BCUT2D eigenvalue weighted by atomic mass is 32.2. The number of hydrogen-bond acceptors (Lipinski definition) is 6. The molecule has 1 saturated carbocycles. The third kappa shape index (κ3) is 4.70. The van der Waals surface area contributed by atoms with Crippen LogP contribution in [0, 0.1) is 0 Å². The molecule has 6 nitrogen and oxygen atoms in total. The summed E-state index contributed by atoms with van der Waals surface area (Å²) in [5.41, 5.74) is 1.48. The molecule has 1 aliphatic carbocycles. The van der Waals surface area contributed by atoms with E-state index in [9.17, 15) is 4.79 Å². The van der Waals surface area contributed by atoms with Crippen LogP contribution in [0.15, 0.2) is 35.5 Å². The summed E-state index contributed by atoms with van der Waals surface area (Å²) < 4.78 is 16.1. The van der Waals surface area contributed by atoms with Crippen molar-refractivity contribution in [3.63, 3.8) is 0 Å². The highest BCUT2D eigenvalue weighted by molar-refractivity contribution is 7.99. The molecule has 1 amide bonds. The molecule has 0 saturated heterocycles. The van der Waals surface area contributed by atoms with Crippen molar-refractivity contribution in [1.82, 2.24) is 10.3 Å². The maximum absolute atomic E-state index is 12.8. The molecule has 1 aromatic carbocycles. The first-order valence-electron chi connectivity index (χ1n) is 9.35. The second-order valence-electron chi connectivity index (χ2n) is 6.60. The summed E-state index contributed by atoms with van der Waals surface area (Å²) in [6.07, 6.45) is 6.63. The van der Waals surface area contributed by atoms with Gasteiger partial charge in [0.15, 0.2) is 11.5 Å². The Morgan fingerprint density at radius 2 is 1.82 bits per heavy atom. The van der Waals surface area contributed by atoms with Gasteiger partial charge in [0, 0.05) is 18.0 Å². The van der Waals surface area contributed by atoms with Crippen LogP contribution in [-0.2, 0) is 6.54 Å². The lowest BCUT2D eigenvalue weighted by atomic mass is 10.1. The summed E-state index contributed by atoms with van der Waals surface area (Å²) in [4.78, 5) is 17.2. The van der Waals surface area contributed by atoms with Crippen LogP contribution in [0.1, 0.15) is 41.6 Å². The molecular weight excluding hydrogens is 376 g/mol. The minimum absolute atomic E-state index is 0.137. The summed E-state index contributed by atoms with van der Waals surface area (Å²) in [7, 11) is 4.71. The molecule has 2 aromatic rings. The zero-order valence-electron chi connectivity index (χ0n) is 16.5. The third-order valence-electron chi connectivity index (χ3n) is 4.77.